The third-order valence-corrected chi connectivity index (χ3v) is 5.98. The fourth-order valence-corrected chi connectivity index (χ4v) is 4.26. The highest BCUT2D eigenvalue weighted by atomic mass is 32.1. The van der Waals surface area contributed by atoms with Crippen molar-refractivity contribution in [2.24, 2.45) is 5.92 Å². The molecule has 7 nitrogen and oxygen atoms in total. The number of nitrogens with zero attached hydrogens (tertiary/aromatic N) is 2. The minimum Gasteiger partial charge on any atom is -0.449 e. The van der Waals surface area contributed by atoms with E-state index >= 15 is 0 Å². The van der Waals surface area contributed by atoms with Crippen LogP contribution in [0.3, 0.4) is 0 Å². The predicted molar refractivity (Wildman–Crippen MR) is 106 cm³/mol. The number of non-ortho nitro benzene ring substituents is 1. The lowest BCUT2D eigenvalue weighted by Gasteiger charge is -2.34. The van der Waals surface area contributed by atoms with E-state index in [0.29, 0.717) is 30.4 Å². The Hall–Kier alpha value is -1.80. The molecule has 0 bridgehead atoms. The molecule has 1 saturated carbocycles. The molecule has 0 unspecified atom stereocenters. The van der Waals surface area contributed by atoms with E-state index in [1.807, 2.05) is 0 Å². The second-order valence-electron chi connectivity index (χ2n) is 7.49. The van der Waals surface area contributed by atoms with Crippen LogP contribution in [0.25, 0.3) is 0 Å². The van der Waals surface area contributed by atoms with Crippen LogP contribution < -0.4 is 5.32 Å². The number of carbonyl (C=O) groups is 1. The average molecular weight is 394 g/mol. The van der Waals surface area contributed by atoms with Crippen LogP contribution in [-0.4, -0.2) is 46.9 Å². The van der Waals surface area contributed by atoms with Gasteiger partial charge < -0.3 is 10.1 Å². The summed E-state index contributed by atoms with van der Waals surface area (Å²) in [5, 5.41) is 13.8. The Bertz CT molecular complexity index is 647. The fourth-order valence-electron chi connectivity index (χ4n) is 3.93. The van der Waals surface area contributed by atoms with Gasteiger partial charge in [0.2, 0.25) is 0 Å². The van der Waals surface area contributed by atoms with Crippen molar-refractivity contribution in [2.45, 2.75) is 49.9 Å². The molecule has 0 radical (unpaired) electrons. The molecule has 1 N–H and O–H groups in total. The zero-order chi connectivity index (χ0) is 19.2. The smallest absolute Gasteiger partial charge is 0.407 e. The topological polar surface area (TPSA) is 84.7 Å². The SMILES string of the molecule is O=C(NCc1ccc([N+](=O)[O-])cc1)OCC1CCC(N2CC[C@@H](S)C2)CC1. The van der Waals surface area contributed by atoms with Gasteiger partial charge in [0, 0.05) is 36.5 Å². The van der Waals surface area contributed by atoms with Gasteiger partial charge in [0.15, 0.2) is 0 Å². The number of amides is 1. The molecule has 1 amide bonds. The number of nitro groups is 1. The van der Waals surface area contributed by atoms with Crippen molar-refractivity contribution in [1.29, 1.82) is 0 Å². The van der Waals surface area contributed by atoms with Crippen LogP contribution in [0.5, 0.6) is 0 Å². The maximum Gasteiger partial charge on any atom is 0.407 e. The number of nitro benzene ring substituents is 1. The first-order valence-corrected chi connectivity index (χ1v) is 10.1. The normalized spacial score (nSPS) is 25.9. The molecule has 1 aliphatic heterocycles. The van der Waals surface area contributed by atoms with Gasteiger partial charge in [-0.1, -0.05) is 12.1 Å². The first-order chi connectivity index (χ1) is 13.0. The summed E-state index contributed by atoms with van der Waals surface area (Å²) in [6, 6.07) is 6.78. The zero-order valence-corrected chi connectivity index (χ0v) is 16.3. The minimum atomic E-state index is -0.444. The van der Waals surface area contributed by atoms with E-state index in [2.05, 4.69) is 22.8 Å². The Morgan fingerprint density at radius 3 is 2.52 bits per heavy atom. The molecule has 1 heterocycles. The Labute approximate surface area is 165 Å². The number of alkyl carbamates (subject to hydrolysis) is 1. The molecule has 1 atom stereocenters. The highest BCUT2D eigenvalue weighted by Gasteiger charge is 2.30. The van der Waals surface area contributed by atoms with Gasteiger partial charge in [-0.2, -0.15) is 12.6 Å². The fraction of sp³-hybridized carbons (Fsp3) is 0.632. The lowest BCUT2D eigenvalue weighted by molar-refractivity contribution is -0.384. The Morgan fingerprint density at radius 1 is 1.22 bits per heavy atom. The Balaban J connectivity index is 1.32. The number of ether oxygens (including phenoxy) is 1. The third kappa shape index (κ3) is 5.84. The molecular weight excluding hydrogens is 366 g/mol. The number of nitrogens with one attached hydrogen (secondary N) is 1. The van der Waals surface area contributed by atoms with Crippen LogP contribution in [0, 0.1) is 16.0 Å². The number of benzene rings is 1. The molecule has 3 rings (SSSR count). The van der Waals surface area contributed by atoms with Crippen molar-refractivity contribution in [3.05, 3.63) is 39.9 Å². The van der Waals surface area contributed by atoms with E-state index in [-0.39, 0.29) is 5.69 Å². The van der Waals surface area contributed by atoms with Crippen molar-refractivity contribution in [3.8, 4) is 0 Å². The number of likely N-dealkylation sites (tertiary alicyclic amines) is 1. The first-order valence-electron chi connectivity index (χ1n) is 9.57. The standard InChI is InChI=1S/C19H27N3O4S/c23-19(20-11-14-1-7-17(8-2-14)22(24)25)26-13-15-3-5-16(6-4-15)21-10-9-18(27)12-21/h1-2,7-8,15-16,18,27H,3-6,9-13H2,(H,20,23)/t15?,16?,18-/m1/s1. The van der Waals surface area contributed by atoms with Crippen molar-refractivity contribution in [2.75, 3.05) is 19.7 Å². The molecule has 2 fully saturated rings. The lowest BCUT2D eigenvalue weighted by Crippen LogP contribution is -2.37. The van der Waals surface area contributed by atoms with E-state index in [4.69, 9.17) is 4.74 Å². The van der Waals surface area contributed by atoms with Gasteiger partial charge >= 0.3 is 6.09 Å². The molecular formula is C19H27N3O4S. The van der Waals surface area contributed by atoms with E-state index < -0.39 is 11.0 Å². The lowest BCUT2D eigenvalue weighted by atomic mass is 9.86. The number of hydrogen-bond donors (Lipinski definition) is 2. The van der Waals surface area contributed by atoms with Crippen LogP contribution in [0.2, 0.25) is 0 Å². The van der Waals surface area contributed by atoms with Gasteiger partial charge in [0.05, 0.1) is 11.5 Å². The monoisotopic (exact) mass is 393 g/mol. The average Bonchev–Trinajstić information content (AvgIpc) is 3.12. The van der Waals surface area contributed by atoms with Crippen molar-refractivity contribution in [3.63, 3.8) is 0 Å². The first kappa shape index (κ1) is 19.9. The molecule has 0 spiro atoms. The van der Waals surface area contributed by atoms with Gasteiger partial charge in [-0.25, -0.2) is 4.79 Å². The van der Waals surface area contributed by atoms with Crippen LogP contribution in [0.1, 0.15) is 37.7 Å². The van der Waals surface area contributed by atoms with Crippen LogP contribution in [0.15, 0.2) is 24.3 Å². The number of rotatable bonds is 6. The molecule has 2 aliphatic rings. The van der Waals surface area contributed by atoms with Crippen LogP contribution in [-0.2, 0) is 11.3 Å². The van der Waals surface area contributed by atoms with Gasteiger partial charge in [-0.05, 0) is 50.1 Å². The maximum absolute atomic E-state index is 11.9. The zero-order valence-electron chi connectivity index (χ0n) is 15.4. The van der Waals surface area contributed by atoms with Crippen molar-refractivity contribution >= 4 is 24.4 Å². The van der Waals surface area contributed by atoms with Crippen molar-refractivity contribution in [1.82, 2.24) is 10.2 Å². The van der Waals surface area contributed by atoms with Crippen molar-refractivity contribution < 1.29 is 14.5 Å². The molecule has 0 aromatic heterocycles. The highest BCUT2D eigenvalue weighted by Crippen LogP contribution is 2.30. The summed E-state index contributed by atoms with van der Waals surface area (Å²) in [6.45, 7) is 3.00. The van der Waals surface area contributed by atoms with Gasteiger partial charge in [-0.3, -0.25) is 15.0 Å². The van der Waals surface area contributed by atoms with Gasteiger partial charge in [0.1, 0.15) is 0 Å². The molecule has 1 saturated heterocycles. The second kappa shape index (κ2) is 9.41. The summed E-state index contributed by atoms with van der Waals surface area (Å²) in [5.74, 6) is 0.431. The number of thiol groups is 1. The van der Waals surface area contributed by atoms with E-state index in [0.717, 1.165) is 31.5 Å². The molecule has 1 aliphatic carbocycles. The summed E-state index contributed by atoms with van der Waals surface area (Å²) in [5.41, 5.74) is 0.835. The van der Waals surface area contributed by atoms with E-state index in [1.54, 1.807) is 12.1 Å². The van der Waals surface area contributed by atoms with E-state index in [1.165, 1.54) is 31.4 Å². The predicted octanol–water partition coefficient (Wildman–Crippen LogP) is 3.38. The number of hydrogen-bond acceptors (Lipinski definition) is 6. The summed E-state index contributed by atoms with van der Waals surface area (Å²) in [4.78, 5) is 24.6. The quantitative estimate of drug-likeness (QED) is 0.440. The summed E-state index contributed by atoms with van der Waals surface area (Å²) >= 11 is 4.57. The molecule has 148 valence electrons. The Kier molecular flexibility index (Phi) is 6.95. The molecule has 1 aromatic rings. The van der Waals surface area contributed by atoms with Gasteiger partial charge in [-0.15, -0.1) is 0 Å². The molecule has 8 heteroatoms. The van der Waals surface area contributed by atoms with Crippen LogP contribution >= 0.6 is 12.6 Å². The second-order valence-corrected chi connectivity index (χ2v) is 8.22. The largest absolute Gasteiger partial charge is 0.449 e. The molecule has 1 aromatic carbocycles. The third-order valence-electron chi connectivity index (χ3n) is 5.56. The summed E-state index contributed by atoms with van der Waals surface area (Å²) in [7, 11) is 0. The summed E-state index contributed by atoms with van der Waals surface area (Å²) < 4.78 is 5.36. The maximum atomic E-state index is 11.9. The van der Waals surface area contributed by atoms with Crippen LogP contribution in [0.4, 0.5) is 10.5 Å². The summed E-state index contributed by atoms with van der Waals surface area (Å²) in [6.07, 6.45) is 5.26. The molecule has 27 heavy (non-hydrogen) atoms. The number of carbonyl (C=O) groups excluding carboxylic acids is 1. The Morgan fingerprint density at radius 2 is 1.93 bits per heavy atom. The van der Waals surface area contributed by atoms with Gasteiger partial charge in [0.25, 0.3) is 5.69 Å². The highest BCUT2D eigenvalue weighted by molar-refractivity contribution is 7.81. The minimum absolute atomic E-state index is 0.0377. The van der Waals surface area contributed by atoms with E-state index in [9.17, 15) is 14.9 Å².